The van der Waals surface area contributed by atoms with E-state index in [2.05, 4.69) is 33.4 Å². The molecule has 0 saturated carbocycles. The van der Waals surface area contributed by atoms with E-state index in [1.807, 2.05) is 36.4 Å². The Kier molecular flexibility index (Phi) is 16.5. The van der Waals surface area contributed by atoms with Crippen LogP contribution in [0, 0.1) is 0 Å². The maximum Gasteiger partial charge on any atom is 0.253 e. The van der Waals surface area contributed by atoms with Crippen molar-refractivity contribution in [1.29, 1.82) is 0 Å². The van der Waals surface area contributed by atoms with Crippen LogP contribution in [-0.2, 0) is 9.53 Å². The first-order valence-corrected chi connectivity index (χ1v) is 16.9. The van der Waals surface area contributed by atoms with Crippen molar-refractivity contribution in [2.24, 2.45) is 0 Å². The number of carbonyl (C=O) groups is 2. The molecule has 1 aliphatic heterocycles. The number of rotatable bonds is 21. The molecule has 0 aliphatic carbocycles. The Morgan fingerprint density at radius 1 is 0.750 bits per heavy atom. The number of nitrogens with zero attached hydrogens (tertiary/aromatic N) is 2. The second-order valence-corrected chi connectivity index (χ2v) is 11.8. The zero-order chi connectivity index (χ0) is 31.4. The summed E-state index contributed by atoms with van der Waals surface area (Å²) in [5, 5.41) is 6.07. The molecule has 3 rings (SSSR count). The van der Waals surface area contributed by atoms with Crippen LogP contribution in [0.15, 0.2) is 42.5 Å². The number of unbranched alkanes of at least 4 members (excludes halogenated alkanes) is 10. The fourth-order valence-electron chi connectivity index (χ4n) is 5.84. The number of hydrogen-bond donors (Lipinski definition) is 2. The highest BCUT2D eigenvalue weighted by Gasteiger charge is 2.24. The lowest BCUT2D eigenvalue weighted by Gasteiger charge is -2.38. The second-order valence-electron chi connectivity index (χ2n) is 11.8. The first-order valence-electron chi connectivity index (χ1n) is 16.9. The quantitative estimate of drug-likeness (QED) is 0.144. The molecule has 244 valence electrons. The highest BCUT2D eigenvalue weighted by Crippen LogP contribution is 2.31. The predicted octanol–water partition coefficient (Wildman–Crippen LogP) is 7.43. The number of para-hydroxylation sites is 2. The lowest BCUT2D eigenvalue weighted by molar-refractivity contribution is -0.116. The molecule has 1 aliphatic rings. The maximum absolute atomic E-state index is 13.3. The first kappa shape index (κ1) is 35.2. The summed E-state index contributed by atoms with van der Waals surface area (Å²) in [6.07, 6.45) is 15.1. The molecular weight excluding hydrogens is 552 g/mol. The summed E-state index contributed by atoms with van der Waals surface area (Å²) in [5.41, 5.74) is 3.22. The largest absolute Gasteiger partial charge is 0.495 e. The van der Waals surface area contributed by atoms with Gasteiger partial charge in [-0.05, 0) is 43.2 Å². The van der Waals surface area contributed by atoms with Gasteiger partial charge in [-0.2, -0.15) is 0 Å². The Bertz CT molecular complexity index is 1120. The fraction of sp³-hybridized carbons (Fsp3) is 0.611. The summed E-state index contributed by atoms with van der Waals surface area (Å²) >= 11 is 0. The third-order valence-electron chi connectivity index (χ3n) is 8.39. The molecule has 8 nitrogen and oxygen atoms in total. The predicted molar refractivity (Wildman–Crippen MR) is 182 cm³/mol. The number of amides is 2. The van der Waals surface area contributed by atoms with Gasteiger partial charge in [0.15, 0.2) is 0 Å². The van der Waals surface area contributed by atoms with E-state index in [1.165, 1.54) is 57.8 Å². The second kappa shape index (κ2) is 20.7. The number of ether oxygens (including phenoxy) is 2. The Hall–Kier alpha value is -3.26. The zero-order valence-corrected chi connectivity index (χ0v) is 27.5. The van der Waals surface area contributed by atoms with Gasteiger partial charge in [-0.1, -0.05) is 83.3 Å². The first-order chi connectivity index (χ1) is 21.6. The van der Waals surface area contributed by atoms with E-state index in [1.54, 1.807) is 14.2 Å². The van der Waals surface area contributed by atoms with Crippen LogP contribution >= 0.6 is 0 Å². The molecule has 1 heterocycles. The van der Waals surface area contributed by atoms with Crippen molar-refractivity contribution in [3.05, 3.63) is 48.0 Å². The number of nitrogens with one attached hydrogen (secondary N) is 2. The Morgan fingerprint density at radius 2 is 1.36 bits per heavy atom. The highest BCUT2D eigenvalue weighted by molar-refractivity contribution is 6.02. The van der Waals surface area contributed by atoms with E-state index in [4.69, 9.17) is 9.47 Å². The van der Waals surface area contributed by atoms with Crippen LogP contribution in [0.5, 0.6) is 5.75 Å². The van der Waals surface area contributed by atoms with Crippen LogP contribution < -0.4 is 25.2 Å². The van der Waals surface area contributed by atoms with Gasteiger partial charge in [-0.15, -0.1) is 0 Å². The molecule has 1 fully saturated rings. The monoisotopic (exact) mass is 608 g/mol. The topological polar surface area (TPSA) is 83.1 Å². The van der Waals surface area contributed by atoms with Crippen molar-refractivity contribution in [3.63, 3.8) is 0 Å². The van der Waals surface area contributed by atoms with Crippen LogP contribution in [0.2, 0.25) is 0 Å². The zero-order valence-electron chi connectivity index (χ0n) is 27.5. The van der Waals surface area contributed by atoms with Gasteiger partial charge in [-0.25, -0.2) is 0 Å². The van der Waals surface area contributed by atoms with E-state index in [0.717, 1.165) is 62.6 Å². The summed E-state index contributed by atoms with van der Waals surface area (Å²) in [7, 11) is 3.36. The third kappa shape index (κ3) is 12.0. The van der Waals surface area contributed by atoms with Gasteiger partial charge in [0.1, 0.15) is 5.75 Å². The summed E-state index contributed by atoms with van der Waals surface area (Å²) < 4.78 is 10.7. The molecule has 0 spiro atoms. The summed E-state index contributed by atoms with van der Waals surface area (Å²) in [6.45, 7) is 6.54. The van der Waals surface area contributed by atoms with Gasteiger partial charge >= 0.3 is 0 Å². The summed E-state index contributed by atoms with van der Waals surface area (Å²) in [6, 6.07) is 13.8. The average Bonchev–Trinajstić information content (AvgIpc) is 3.05. The van der Waals surface area contributed by atoms with Crippen LogP contribution in [0.4, 0.5) is 17.1 Å². The highest BCUT2D eigenvalue weighted by atomic mass is 16.5. The molecule has 0 radical (unpaired) electrons. The van der Waals surface area contributed by atoms with E-state index >= 15 is 0 Å². The standard InChI is InChI=1S/C36H56N4O4/c1-4-5-6-7-8-9-10-11-12-13-14-20-35(41)38-30-21-22-32(31(29-30)36(42)37-23-17-28-43-2)39-24-26-40(27-25-39)33-18-15-16-19-34(33)44-3/h15-16,18-19,21-22,29H,4-14,17,20,23-28H2,1-3H3,(H,37,42)(H,38,41). The lowest BCUT2D eigenvalue weighted by Crippen LogP contribution is -2.47. The van der Waals surface area contributed by atoms with Crippen LogP contribution in [-0.4, -0.2) is 65.4 Å². The smallest absolute Gasteiger partial charge is 0.253 e. The maximum atomic E-state index is 13.3. The molecule has 2 N–H and O–H groups in total. The third-order valence-corrected chi connectivity index (χ3v) is 8.39. The van der Waals surface area contributed by atoms with Gasteiger partial charge in [0, 0.05) is 64.2 Å². The van der Waals surface area contributed by atoms with E-state index in [0.29, 0.717) is 30.8 Å². The molecular formula is C36H56N4O4. The lowest BCUT2D eigenvalue weighted by atomic mass is 10.1. The van der Waals surface area contributed by atoms with E-state index in [-0.39, 0.29) is 11.8 Å². The average molecular weight is 609 g/mol. The minimum atomic E-state index is -0.135. The SMILES string of the molecule is CCCCCCCCCCCCCC(=O)Nc1ccc(N2CCN(c3ccccc3OC)CC2)c(C(=O)NCCCOC)c1. The van der Waals surface area contributed by atoms with Crippen LogP contribution in [0.25, 0.3) is 0 Å². The number of carbonyl (C=O) groups excluding carboxylic acids is 2. The van der Waals surface area contributed by atoms with Crippen molar-refractivity contribution >= 4 is 28.9 Å². The number of piperazine rings is 1. The normalized spacial score (nSPS) is 13.2. The van der Waals surface area contributed by atoms with Crippen molar-refractivity contribution in [2.75, 3.05) is 68.7 Å². The molecule has 44 heavy (non-hydrogen) atoms. The van der Waals surface area contributed by atoms with E-state index in [9.17, 15) is 9.59 Å². The minimum Gasteiger partial charge on any atom is -0.495 e. The Balaban J connectivity index is 1.52. The van der Waals surface area contributed by atoms with E-state index < -0.39 is 0 Å². The van der Waals surface area contributed by atoms with Crippen molar-refractivity contribution in [3.8, 4) is 5.75 Å². The van der Waals surface area contributed by atoms with Gasteiger partial charge in [0.05, 0.1) is 18.4 Å². The molecule has 0 aromatic heterocycles. The Labute approximate surface area is 265 Å². The Morgan fingerprint density at radius 3 is 2.00 bits per heavy atom. The molecule has 2 aromatic carbocycles. The van der Waals surface area contributed by atoms with Crippen molar-refractivity contribution in [2.45, 2.75) is 90.4 Å². The van der Waals surface area contributed by atoms with Gasteiger partial charge in [0.25, 0.3) is 5.91 Å². The number of benzene rings is 2. The van der Waals surface area contributed by atoms with Crippen molar-refractivity contribution < 1.29 is 19.1 Å². The van der Waals surface area contributed by atoms with Gasteiger partial charge < -0.3 is 29.9 Å². The minimum absolute atomic E-state index is 0.00514. The molecule has 0 bridgehead atoms. The summed E-state index contributed by atoms with van der Waals surface area (Å²) in [5.74, 6) is 0.737. The summed E-state index contributed by atoms with van der Waals surface area (Å²) in [4.78, 5) is 30.7. The fourth-order valence-corrected chi connectivity index (χ4v) is 5.84. The van der Waals surface area contributed by atoms with Crippen LogP contribution in [0.1, 0.15) is 101 Å². The van der Waals surface area contributed by atoms with Gasteiger partial charge in [0.2, 0.25) is 5.91 Å². The van der Waals surface area contributed by atoms with Gasteiger partial charge in [-0.3, -0.25) is 9.59 Å². The molecule has 0 unspecified atom stereocenters. The van der Waals surface area contributed by atoms with Crippen molar-refractivity contribution in [1.82, 2.24) is 5.32 Å². The molecule has 1 saturated heterocycles. The van der Waals surface area contributed by atoms with Crippen LogP contribution in [0.3, 0.4) is 0 Å². The molecule has 0 atom stereocenters. The molecule has 2 aromatic rings. The molecule has 8 heteroatoms. The number of anilines is 3. The number of hydrogen-bond acceptors (Lipinski definition) is 6. The molecule has 2 amide bonds. The number of methoxy groups -OCH3 is 2.